The molecule has 0 aliphatic heterocycles. The molecule has 0 saturated carbocycles. The molecular weight excluding hydrogens is 236 g/mol. The van der Waals surface area contributed by atoms with E-state index in [9.17, 15) is 4.79 Å². The summed E-state index contributed by atoms with van der Waals surface area (Å²) < 4.78 is 0. The Labute approximate surface area is 97.1 Å². The Morgan fingerprint density at radius 1 is 1.60 bits per heavy atom. The molecule has 0 aromatic carbocycles. The van der Waals surface area contributed by atoms with Crippen LogP contribution in [-0.2, 0) is 4.79 Å². The molecule has 1 aromatic rings. The smallest absolute Gasteiger partial charge is 0.317 e. The van der Waals surface area contributed by atoms with Crippen LogP contribution in [0.4, 0.5) is 0 Å². The molecule has 1 heterocycles. The first-order valence-electron chi connectivity index (χ1n) is 4.37. The summed E-state index contributed by atoms with van der Waals surface area (Å²) in [6.07, 6.45) is 2.81. The van der Waals surface area contributed by atoms with E-state index in [1.165, 1.54) is 12.5 Å². The average Bonchev–Trinajstić information content (AvgIpc) is 2.15. The van der Waals surface area contributed by atoms with Gasteiger partial charge in [0.25, 0.3) is 0 Å². The summed E-state index contributed by atoms with van der Waals surface area (Å²) in [5, 5.41) is 9.34. The van der Waals surface area contributed by atoms with Crippen LogP contribution < -0.4 is 0 Å². The lowest BCUT2D eigenvalue weighted by molar-refractivity contribution is -0.137. The van der Waals surface area contributed by atoms with Gasteiger partial charge in [0.05, 0.1) is 11.2 Å². The van der Waals surface area contributed by atoms with Crippen molar-refractivity contribution in [1.82, 2.24) is 9.97 Å². The van der Waals surface area contributed by atoms with Crippen LogP contribution in [0.25, 0.3) is 0 Å². The summed E-state index contributed by atoms with van der Waals surface area (Å²) in [6, 6.07) is 0. The Bertz CT molecular complexity index is 360. The van der Waals surface area contributed by atoms with E-state index >= 15 is 0 Å². The standard InChI is InChI=1S/C9H11ClN2O2S/c1-5(2)7(9(13)14)15-8-6(10)3-11-4-12-8/h3-5,7H,1-2H3,(H,13,14). The molecule has 0 fully saturated rings. The summed E-state index contributed by atoms with van der Waals surface area (Å²) >= 11 is 6.99. The number of thioether (sulfide) groups is 1. The van der Waals surface area contributed by atoms with Gasteiger partial charge in [-0.3, -0.25) is 4.79 Å². The van der Waals surface area contributed by atoms with E-state index < -0.39 is 11.2 Å². The minimum absolute atomic E-state index is 0.0125. The van der Waals surface area contributed by atoms with Crippen molar-refractivity contribution in [2.45, 2.75) is 24.1 Å². The molecule has 0 radical (unpaired) electrons. The van der Waals surface area contributed by atoms with Gasteiger partial charge in [-0.2, -0.15) is 0 Å². The van der Waals surface area contributed by atoms with E-state index in [4.69, 9.17) is 16.7 Å². The van der Waals surface area contributed by atoms with E-state index in [1.54, 1.807) is 0 Å². The number of nitrogens with zero attached hydrogens (tertiary/aromatic N) is 2. The highest BCUT2D eigenvalue weighted by Crippen LogP contribution is 2.30. The lowest BCUT2D eigenvalue weighted by Gasteiger charge is -2.15. The zero-order valence-electron chi connectivity index (χ0n) is 8.35. The Balaban J connectivity index is 2.84. The molecule has 0 saturated heterocycles. The van der Waals surface area contributed by atoms with Crippen molar-refractivity contribution < 1.29 is 9.90 Å². The van der Waals surface area contributed by atoms with Crippen molar-refractivity contribution in [2.24, 2.45) is 5.92 Å². The summed E-state index contributed by atoms with van der Waals surface area (Å²) in [4.78, 5) is 18.6. The topological polar surface area (TPSA) is 63.1 Å². The number of hydrogen-bond donors (Lipinski definition) is 1. The van der Waals surface area contributed by atoms with Crippen LogP contribution in [0.3, 0.4) is 0 Å². The zero-order chi connectivity index (χ0) is 11.4. The molecule has 1 rings (SSSR count). The second kappa shape index (κ2) is 5.32. The van der Waals surface area contributed by atoms with Crippen LogP contribution in [0.15, 0.2) is 17.6 Å². The second-order valence-electron chi connectivity index (χ2n) is 3.30. The molecule has 1 unspecified atom stereocenters. The fraction of sp³-hybridized carbons (Fsp3) is 0.444. The van der Waals surface area contributed by atoms with Crippen LogP contribution in [0.5, 0.6) is 0 Å². The second-order valence-corrected chi connectivity index (χ2v) is 4.83. The number of carbonyl (C=O) groups is 1. The third-order valence-corrected chi connectivity index (χ3v) is 3.66. The summed E-state index contributed by atoms with van der Waals surface area (Å²) in [5.41, 5.74) is 0. The highest BCUT2D eigenvalue weighted by Gasteiger charge is 2.24. The molecule has 1 atom stereocenters. The largest absolute Gasteiger partial charge is 0.480 e. The first-order chi connectivity index (χ1) is 7.02. The Morgan fingerprint density at radius 3 is 2.73 bits per heavy atom. The third-order valence-electron chi connectivity index (χ3n) is 1.72. The van der Waals surface area contributed by atoms with Gasteiger partial charge in [0.1, 0.15) is 16.6 Å². The van der Waals surface area contributed by atoms with Gasteiger partial charge in [-0.05, 0) is 5.92 Å². The van der Waals surface area contributed by atoms with Gasteiger partial charge >= 0.3 is 5.97 Å². The van der Waals surface area contributed by atoms with Crippen LogP contribution >= 0.6 is 23.4 Å². The molecule has 4 nitrogen and oxygen atoms in total. The molecule has 0 amide bonds. The minimum atomic E-state index is -0.857. The Morgan fingerprint density at radius 2 is 2.27 bits per heavy atom. The molecular formula is C9H11ClN2O2S. The van der Waals surface area contributed by atoms with Crippen molar-refractivity contribution in [3.05, 3.63) is 17.5 Å². The van der Waals surface area contributed by atoms with E-state index in [1.807, 2.05) is 13.8 Å². The number of hydrogen-bond acceptors (Lipinski definition) is 4. The molecule has 0 aliphatic carbocycles. The monoisotopic (exact) mass is 246 g/mol. The molecule has 1 N–H and O–H groups in total. The highest BCUT2D eigenvalue weighted by atomic mass is 35.5. The maximum Gasteiger partial charge on any atom is 0.317 e. The third kappa shape index (κ3) is 3.35. The number of rotatable bonds is 4. The van der Waals surface area contributed by atoms with E-state index in [0.29, 0.717) is 10.0 Å². The molecule has 0 aliphatic rings. The zero-order valence-corrected chi connectivity index (χ0v) is 9.92. The molecule has 15 heavy (non-hydrogen) atoms. The maximum atomic E-state index is 10.9. The highest BCUT2D eigenvalue weighted by molar-refractivity contribution is 8.00. The van der Waals surface area contributed by atoms with Crippen molar-refractivity contribution in [1.29, 1.82) is 0 Å². The first-order valence-corrected chi connectivity index (χ1v) is 5.63. The van der Waals surface area contributed by atoms with Crippen LogP contribution in [-0.4, -0.2) is 26.3 Å². The molecule has 0 spiro atoms. The summed E-state index contributed by atoms with van der Waals surface area (Å²) in [7, 11) is 0. The fourth-order valence-electron chi connectivity index (χ4n) is 0.980. The molecule has 82 valence electrons. The number of carboxylic acids is 1. The number of aromatic nitrogens is 2. The molecule has 0 bridgehead atoms. The fourth-order valence-corrected chi connectivity index (χ4v) is 2.11. The first kappa shape index (κ1) is 12.3. The van der Waals surface area contributed by atoms with Gasteiger partial charge in [-0.1, -0.05) is 37.2 Å². The summed E-state index contributed by atoms with van der Waals surface area (Å²) in [5.74, 6) is -0.844. The predicted molar refractivity (Wildman–Crippen MR) is 59.2 cm³/mol. The SMILES string of the molecule is CC(C)C(Sc1ncncc1Cl)C(=O)O. The number of aliphatic carboxylic acids is 1. The lowest BCUT2D eigenvalue weighted by atomic mass is 10.1. The maximum absolute atomic E-state index is 10.9. The van der Waals surface area contributed by atoms with Gasteiger partial charge in [0.2, 0.25) is 0 Å². The van der Waals surface area contributed by atoms with Gasteiger partial charge in [0.15, 0.2) is 0 Å². The molecule has 6 heteroatoms. The van der Waals surface area contributed by atoms with Crippen molar-refractivity contribution >= 4 is 29.3 Å². The van der Waals surface area contributed by atoms with Crippen LogP contribution in [0, 0.1) is 5.92 Å². The van der Waals surface area contributed by atoms with E-state index in [2.05, 4.69) is 9.97 Å². The summed E-state index contributed by atoms with van der Waals surface area (Å²) in [6.45, 7) is 3.70. The average molecular weight is 247 g/mol. The quantitative estimate of drug-likeness (QED) is 0.653. The molecule has 1 aromatic heterocycles. The van der Waals surface area contributed by atoms with Crippen molar-refractivity contribution in [3.63, 3.8) is 0 Å². The van der Waals surface area contributed by atoms with Gasteiger partial charge in [-0.25, -0.2) is 9.97 Å². The minimum Gasteiger partial charge on any atom is -0.480 e. The predicted octanol–water partition coefficient (Wildman–Crippen LogP) is 2.33. The van der Waals surface area contributed by atoms with E-state index in [-0.39, 0.29) is 5.92 Å². The van der Waals surface area contributed by atoms with Crippen molar-refractivity contribution in [3.8, 4) is 0 Å². The van der Waals surface area contributed by atoms with Crippen LogP contribution in [0.1, 0.15) is 13.8 Å². The van der Waals surface area contributed by atoms with Gasteiger partial charge in [-0.15, -0.1) is 0 Å². The Kier molecular flexibility index (Phi) is 4.35. The van der Waals surface area contributed by atoms with Crippen LogP contribution in [0.2, 0.25) is 5.02 Å². The lowest BCUT2D eigenvalue weighted by Crippen LogP contribution is -2.22. The Hall–Kier alpha value is -0.810. The number of halogens is 1. The normalized spacial score (nSPS) is 12.8. The van der Waals surface area contributed by atoms with Crippen molar-refractivity contribution in [2.75, 3.05) is 0 Å². The van der Waals surface area contributed by atoms with E-state index in [0.717, 1.165) is 11.8 Å². The number of carboxylic acid groups (broad SMARTS) is 1. The van der Waals surface area contributed by atoms with Gasteiger partial charge < -0.3 is 5.11 Å². The van der Waals surface area contributed by atoms with Gasteiger partial charge in [0, 0.05) is 0 Å².